The smallest absolute Gasteiger partial charge is 0.277 e. The maximum atomic E-state index is 11.9. The highest BCUT2D eigenvalue weighted by molar-refractivity contribution is 5.57. The van der Waals surface area contributed by atoms with Gasteiger partial charge in [0.05, 0.1) is 0 Å². The molecule has 1 heterocycles. The van der Waals surface area contributed by atoms with Crippen molar-refractivity contribution in [2.45, 2.75) is 13.5 Å². The maximum absolute atomic E-state index is 11.9. The third-order valence-corrected chi connectivity index (χ3v) is 2.30. The van der Waals surface area contributed by atoms with Crippen LogP contribution in [0.4, 0.5) is 0 Å². The van der Waals surface area contributed by atoms with E-state index in [-0.39, 0.29) is 5.56 Å². The highest BCUT2D eigenvalue weighted by Crippen LogP contribution is 2.10. The summed E-state index contributed by atoms with van der Waals surface area (Å²) in [5, 5.41) is 0. The summed E-state index contributed by atoms with van der Waals surface area (Å²) in [4.78, 5) is 16.0. The van der Waals surface area contributed by atoms with Crippen molar-refractivity contribution in [1.82, 2.24) is 9.55 Å². The minimum Gasteiger partial charge on any atom is -0.312 e. The molecule has 1 aromatic carbocycles. The minimum atomic E-state index is -0.0359. The van der Waals surface area contributed by atoms with Crippen LogP contribution in [-0.2, 0) is 6.54 Å². The lowest BCUT2D eigenvalue weighted by atomic mass is 10.1. The summed E-state index contributed by atoms with van der Waals surface area (Å²) in [6.07, 6.45) is 3.36. The van der Waals surface area contributed by atoms with E-state index in [9.17, 15) is 4.79 Å². The van der Waals surface area contributed by atoms with Crippen LogP contribution in [0, 0.1) is 0 Å². The molecule has 76 valence electrons. The monoisotopic (exact) mass is 200 g/mol. The van der Waals surface area contributed by atoms with Crippen LogP contribution in [0.15, 0.2) is 47.5 Å². The molecule has 2 aromatic rings. The lowest BCUT2D eigenvalue weighted by molar-refractivity contribution is 0.720. The molecule has 0 aliphatic rings. The molecule has 0 aliphatic heterocycles. The Labute approximate surface area is 88.0 Å². The Hall–Kier alpha value is -1.90. The van der Waals surface area contributed by atoms with Gasteiger partial charge in [0.2, 0.25) is 0 Å². The first-order valence-electron chi connectivity index (χ1n) is 4.94. The van der Waals surface area contributed by atoms with Gasteiger partial charge in [0.1, 0.15) is 5.69 Å². The van der Waals surface area contributed by atoms with Crippen LogP contribution in [0.25, 0.3) is 11.3 Å². The van der Waals surface area contributed by atoms with E-state index in [2.05, 4.69) is 4.98 Å². The predicted octanol–water partition coefficient (Wildman–Crippen LogP) is 1.93. The van der Waals surface area contributed by atoms with Crippen molar-refractivity contribution in [2.75, 3.05) is 0 Å². The summed E-state index contributed by atoms with van der Waals surface area (Å²) in [6.45, 7) is 2.61. The average molecular weight is 200 g/mol. The van der Waals surface area contributed by atoms with E-state index in [1.807, 2.05) is 37.3 Å². The predicted molar refractivity (Wildman–Crippen MR) is 59.6 cm³/mol. The van der Waals surface area contributed by atoms with Crippen LogP contribution in [0.3, 0.4) is 0 Å². The molecule has 2 rings (SSSR count). The largest absolute Gasteiger partial charge is 0.312 e. The van der Waals surface area contributed by atoms with Crippen LogP contribution in [-0.4, -0.2) is 9.55 Å². The number of nitrogens with zero attached hydrogens (tertiary/aromatic N) is 2. The van der Waals surface area contributed by atoms with Crippen LogP contribution in [0.1, 0.15) is 6.92 Å². The fraction of sp³-hybridized carbons (Fsp3) is 0.167. The lowest BCUT2D eigenvalue weighted by Gasteiger charge is -2.03. The molecule has 0 N–H and O–H groups in total. The van der Waals surface area contributed by atoms with Gasteiger partial charge < -0.3 is 4.57 Å². The first kappa shape index (κ1) is 9.65. The fourth-order valence-electron chi connectivity index (χ4n) is 1.49. The molecule has 0 fully saturated rings. The Bertz CT molecular complexity index is 503. The van der Waals surface area contributed by atoms with Crippen molar-refractivity contribution < 1.29 is 0 Å². The zero-order chi connectivity index (χ0) is 10.7. The van der Waals surface area contributed by atoms with Crippen LogP contribution in [0.5, 0.6) is 0 Å². The van der Waals surface area contributed by atoms with Gasteiger partial charge in [0.25, 0.3) is 5.56 Å². The van der Waals surface area contributed by atoms with Gasteiger partial charge in [-0.1, -0.05) is 30.3 Å². The zero-order valence-corrected chi connectivity index (χ0v) is 8.55. The Kier molecular flexibility index (Phi) is 2.63. The highest BCUT2D eigenvalue weighted by Gasteiger charge is 2.05. The number of aryl methyl sites for hydroxylation is 1. The second-order valence-corrected chi connectivity index (χ2v) is 3.23. The molecule has 0 amide bonds. The highest BCUT2D eigenvalue weighted by atomic mass is 16.1. The van der Waals surface area contributed by atoms with E-state index < -0.39 is 0 Å². The summed E-state index contributed by atoms with van der Waals surface area (Å²) in [5.41, 5.74) is 1.34. The molecule has 0 saturated carbocycles. The normalized spacial score (nSPS) is 10.2. The van der Waals surface area contributed by atoms with Gasteiger partial charge in [-0.05, 0) is 6.92 Å². The summed E-state index contributed by atoms with van der Waals surface area (Å²) in [5.74, 6) is 0. The average Bonchev–Trinajstić information content (AvgIpc) is 2.30. The third-order valence-electron chi connectivity index (χ3n) is 2.30. The van der Waals surface area contributed by atoms with E-state index >= 15 is 0 Å². The second-order valence-electron chi connectivity index (χ2n) is 3.23. The minimum absolute atomic E-state index is 0.0359. The maximum Gasteiger partial charge on any atom is 0.277 e. The fourth-order valence-corrected chi connectivity index (χ4v) is 1.49. The van der Waals surface area contributed by atoms with E-state index in [4.69, 9.17) is 0 Å². The Morgan fingerprint density at radius 1 is 1.27 bits per heavy atom. The van der Waals surface area contributed by atoms with E-state index in [0.29, 0.717) is 12.2 Å². The van der Waals surface area contributed by atoms with Gasteiger partial charge in [-0.3, -0.25) is 4.79 Å². The molecule has 3 nitrogen and oxygen atoms in total. The van der Waals surface area contributed by atoms with Gasteiger partial charge in [-0.15, -0.1) is 0 Å². The zero-order valence-electron chi connectivity index (χ0n) is 8.55. The molecule has 15 heavy (non-hydrogen) atoms. The molecule has 0 aliphatic carbocycles. The van der Waals surface area contributed by atoms with E-state index in [1.165, 1.54) is 0 Å². The van der Waals surface area contributed by atoms with Crippen molar-refractivity contribution in [3.63, 3.8) is 0 Å². The van der Waals surface area contributed by atoms with Gasteiger partial charge >= 0.3 is 0 Å². The van der Waals surface area contributed by atoms with Crippen molar-refractivity contribution >= 4 is 0 Å². The van der Waals surface area contributed by atoms with E-state index in [0.717, 1.165) is 5.56 Å². The molecular weight excluding hydrogens is 188 g/mol. The standard InChI is InChI=1S/C12H12N2O/c1-2-14-9-8-13-11(12(14)15)10-6-4-3-5-7-10/h3-9H,2H2,1H3. The van der Waals surface area contributed by atoms with Gasteiger partial charge in [-0.2, -0.15) is 0 Å². The van der Waals surface area contributed by atoms with Crippen molar-refractivity contribution in [3.05, 3.63) is 53.1 Å². The summed E-state index contributed by atoms with van der Waals surface area (Å²) in [6, 6.07) is 9.51. The summed E-state index contributed by atoms with van der Waals surface area (Å²) in [7, 11) is 0. The number of hydrogen-bond acceptors (Lipinski definition) is 2. The molecule has 3 heteroatoms. The SMILES string of the molecule is CCn1ccnc(-c2ccccc2)c1=O. The lowest BCUT2D eigenvalue weighted by Crippen LogP contribution is -2.21. The number of aromatic nitrogens is 2. The molecule has 0 bridgehead atoms. The quantitative estimate of drug-likeness (QED) is 0.742. The molecule has 0 atom stereocenters. The van der Waals surface area contributed by atoms with Crippen molar-refractivity contribution in [2.24, 2.45) is 0 Å². The Morgan fingerprint density at radius 3 is 2.67 bits per heavy atom. The molecule has 1 aromatic heterocycles. The Balaban J connectivity index is 2.60. The van der Waals surface area contributed by atoms with Gasteiger partial charge in [-0.25, -0.2) is 4.98 Å². The summed E-state index contributed by atoms with van der Waals surface area (Å²) >= 11 is 0. The van der Waals surface area contributed by atoms with Crippen molar-refractivity contribution in [1.29, 1.82) is 0 Å². The van der Waals surface area contributed by atoms with Crippen LogP contribution in [0.2, 0.25) is 0 Å². The van der Waals surface area contributed by atoms with Crippen LogP contribution < -0.4 is 5.56 Å². The number of benzene rings is 1. The second kappa shape index (κ2) is 4.09. The van der Waals surface area contributed by atoms with Crippen molar-refractivity contribution in [3.8, 4) is 11.3 Å². The first-order chi connectivity index (χ1) is 7.33. The van der Waals surface area contributed by atoms with E-state index in [1.54, 1.807) is 17.0 Å². The van der Waals surface area contributed by atoms with Crippen LogP contribution >= 0.6 is 0 Å². The number of rotatable bonds is 2. The van der Waals surface area contributed by atoms with Gasteiger partial charge in [0, 0.05) is 24.5 Å². The number of hydrogen-bond donors (Lipinski definition) is 0. The Morgan fingerprint density at radius 2 is 2.00 bits per heavy atom. The molecule has 0 unspecified atom stereocenters. The molecular formula is C12H12N2O. The molecule has 0 saturated heterocycles. The topological polar surface area (TPSA) is 34.9 Å². The molecule has 0 spiro atoms. The molecule has 0 radical (unpaired) electrons. The first-order valence-corrected chi connectivity index (χ1v) is 4.94. The third kappa shape index (κ3) is 1.81. The van der Waals surface area contributed by atoms with Gasteiger partial charge in [0.15, 0.2) is 0 Å². The summed E-state index contributed by atoms with van der Waals surface area (Å²) < 4.78 is 1.65.